The molecular weight excluding hydrogens is 300 g/mol. The Hall–Kier alpha value is -2.04. The quantitative estimate of drug-likeness (QED) is 0.818. The maximum atomic E-state index is 6.91. The third-order valence-corrected chi connectivity index (χ3v) is 4.45. The summed E-state index contributed by atoms with van der Waals surface area (Å²) in [5.74, 6) is 2.06. The van der Waals surface area contributed by atoms with E-state index in [0.29, 0.717) is 5.92 Å². The Morgan fingerprint density at radius 2 is 1.21 bits per heavy atom. The second-order valence-electron chi connectivity index (χ2n) is 6.56. The fourth-order valence-electron chi connectivity index (χ4n) is 3.02. The van der Waals surface area contributed by atoms with Gasteiger partial charge < -0.3 is 20.9 Å². The minimum atomic E-state index is -0.775. The smallest absolute Gasteiger partial charge is 0.118 e. The molecule has 0 spiro atoms. The van der Waals surface area contributed by atoms with Gasteiger partial charge in [0.25, 0.3) is 0 Å². The van der Waals surface area contributed by atoms with Crippen molar-refractivity contribution in [2.75, 3.05) is 14.2 Å². The molecule has 130 valence electrons. The van der Waals surface area contributed by atoms with Gasteiger partial charge in [0, 0.05) is 6.04 Å². The Balaban J connectivity index is 2.49. The van der Waals surface area contributed by atoms with E-state index in [2.05, 4.69) is 13.8 Å². The normalized spacial score (nSPS) is 13.0. The standard InChI is InChI=1S/C20H28N2O2/c1-14(2)13-19(21)20(22,15-5-9-17(23-3)10-6-15)16-7-11-18(24-4)12-8-16/h5-12,14,19H,13,21-22H2,1-4H3. The maximum absolute atomic E-state index is 6.91. The van der Waals surface area contributed by atoms with Gasteiger partial charge in [0.05, 0.1) is 19.8 Å². The maximum Gasteiger partial charge on any atom is 0.118 e. The molecule has 2 aromatic rings. The number of methoxy groups -OCH3 is 2. The molecule has 1 unspecified atom stereocenters. The zero-order valence-corrected chi connectivity index (χ0v) is 15.0. The highest BCUT2D eigenvalue weighted by atomic mass is 16.5. The fraction of sp³-hybridized carbons (Fsp3) is 0.400. The van der Waals surface area contributed by atoms with Crippen LogP contribution < -0.4 is 20.9 Å². The summed E-state index contributed by atoms with van der Waals surface area (Å²) in [5.41, 5.74) is 14.7. The Kier molecular flexibility index (Phi) is 5.86. The molecule has 0 aromatic heterocycles. The van der Waals surface area contributed by atoms with Crippen molar-refractivity contribution >= 4 is 0 Å². The van der Waals surface area contributed by atoms with E-state index in [0.717, 1.165) is 29.0 Å². The second kappa shape index (κ2) is 7.69. The fourth-order valence-corrected chi connectivity index (χ4v) is 3.02. The summed E-state index contributed by atoms with van der Waals surface area (Å²) in [7, 11) is 3.30. The van der Waals surface area contributed by atoms with Crippen molar-refractivity contribution in [2.24, 2.45) is 17.4 Å². The van der Waals surface area contributed by atoms with E-state index in [9.17, 15) is 0 Å². The minimum absolute atomic E-state index is 0.209. The van der Waals surface area contributed by atoms with Gasteiger partial charge in [-0.25, -0.2) is 0 Å². The summed E-state index contributed by atoms with van der Waals surface area (Å²) in [6.45, 7) is 4.31. The lowest BCUT2D eigenvalue weighted by atomic mass is 9.75. The molecule has 2 aromatic carbocycles. The average molecular weight is 328 g/mol. The molecule has 1 atom stereocenters. The van der Waals surface area contributed by atoms with Crippen LogP contribution >= 0.6 is 0 Å². The molecule has 0 aliphatic heterocycles. The molecule has 0 radical (unpaired) electrons. The summed E-state index contributed by atoms with van der Waals surface area (Å²) in [6, 6.07) is 15.4. The van der Waals surface area contributed by atoms with Crippen molar-refractivity contribution in [2.45, 2.75) is 31.8 Å². The SMILES string of the molecule is COc1ccc(C(N)(c2ccc(OC)cc2)C(N)CC(C)C)cc1. The van der Waals surface area contributed by atoms with E-state index < -0.39 is 5.54 Å². The van der Waals surface area contributed by atoms with Crippen molar-refractivity contribution in [1.29, 1.82) is 0 Å². The molecule has 24 heavy (non-hydrogen) atoms. The number of hydrogen-bond donors (Lipinski definition) is 2. The molecule has 4 heteroatoms. The number of rotatable bonds is 7. The van der Waals surface area contributed by atoms with Gasteiger partial charge in [-0.15, -0.1) is 0 Å². The van der Waals surface area contributed by atoms with Crippen LogP contribution in [-0.4, -0.2) is 20.3 Å². The van der Waals surface area contributed by atoms with Gasteiger partial charge in [-0.3, -0.25) is 0 Å². The first-order chi connectivity index (χ1) is 11.4. The zero-order chi connectivity index (χ0) is 17.7. The lowest BCUT2D eigenvalue weighted by molar-refractivity contribution is 0.357. The predicted octanol–water partition coefficient (Wildman–Crippen LogP) is 3.28. The molecule has 4 nitrogen and oxygen atoms in total. The number of ether oxygens (including phenoxy) is 2. The molecule has 0 aliphatic carbocycles. The molecular formula is C20H28N2O2. The molecule has 0 amide bonds. The molecule has 0 saturated heterocycles. The molecule has 0 aliphatic rings. The summed E-state index contributed by atoms with van der Waals surface area (Å²) in [4.78, 5) is 0. The van der Waals surface area contributed by atoms with Crippen molar-refractivity contribution in [1.82, 2.24) is 0 Å². The van der Waals surface area contributed by atoms with E-state index in [1.165, 1.54) is 0 Å². The number of hydrogen-bond acceptors (Lipinski definition) is 4. The highest BCUT2D eigenvalue weighted by Crippen LogP contribution is 2.34. The van der Waals surface area contributed by atoms with Crippen LogP contribution in [0.1, 0.15) is 31.4 Å². The highest BCUT2D eigenvalue weighted by molar-refractivity contribution is 5.44. The first-order valence-corrected chi connectivity index (χ1v) is 8.25. The minimum Gasteiger partial charge on any atom is -0.497 e. The van der Waals surface area contributed by atoms with Crippen molar-refractivity contribution in [3.8, 4) is 11.5 Å². The van der Waals surface area contributed by atoms with E-state index in [1.807, 2.05) is 48.5 Å². The number of nitrogens with two attached hydrogens (primary N) is 2. The Morgan fingerprint density at radius 1 is 0.833 bits per heavy atom. The Bertz CT molecular complexity index is 588. The van der Waals surface area contributed by atoms with Crippen molar-refractivity contribution < 1.29 is 9.47 Å². The zero-order valence-electron chi connectivity index (χ0n) is 15.0. The van der Waals surface area contributed by atoms with Crippen LogP contribution in [0.25, 0.3) is 0 Å². The third kappa shape index (κ3) is 3.71. The summed E-state index contributed by atoms with van der Waals surface area (Å²) in [6.07, 6.45) is 0.828. The van der Waals surface area contributed by atoms with Gasteiger partial charge in [0.15, 0.2) is 0 Å². The van der Waals surface area contributed by atoms with Crippen LogP contribution in [0.5, 0.6) is 11.5 Å². The monoisotopic (exact) mass is 328 g/mol. The molecule has 0 heterocycles. The van der Waals surface area contributed by atoms with Gasteiger partial charge in [-0.05, 0) is 47.7 Å². The van der Waals surface area contributed by atoms with Gasteiger partial charge >= 0.3 is 0 Å². The van der Waals surface area contributed by atoms with E-state index in [4.69, 9.17) is 20.9 Å². The van der Waals surface area contributed by atoms with E-state index >= 15 is 0 Å². The predicted molar refractivity (Wildman–Crippen MR) is 98.4 cm³/mol. The lowest BCUT2D eigenvalue weighted by Gasteiger charge is -2.37. The van der Waals surface area contributed by atoms with Crippen molar-refractivity contribution in [3.63, 3.8) is 0 Å². The third-order valence-electron chi connectivity index (χ3n) is 4.45. The topological polar surface area (TPSA) is 70.5 Å². The Morgan fingerprint density at radius 3 is 1.50 bits per heavy atom. The highest BCUT2D eigenvalue weighted by Gasteiger charge is 2.36. The molecule has 0 bridgehead atoms. The molecule has 2 rings (SSSR count). The van der Waals surface area contributed by atoms with Crippen LogP contribution in [0.3, 0.4) is 0 Å². The Labute approximate surface area is 144 Å². The van der Waals surface area contributed by atoms with Gasteiger partial charge in [0.2, 0.25) is 0 Å². The van der Waals surface area contributed by atoms with Crippen LogP contribution in [0.15, 0.2) is 48.5 Å². The molecule has 0 saturated carbocycles. The van der Waals surface area contributed by atoms with E-state index in [1.54, 1.807) is 14.2 Å². The van der Waals surface area contributed by atoms with Crippen LogP contribution in [0, 0.1) is 5.92 Å². The first-order valence-electron chi connectivity index (χ1n) is 8.25. The van der Waals surface area contributed by atoms with Crippen LogP contribution in [-0.2, 0) is 5.54 Å². The lowest BCUT2D eigenvalue weighted by Crippen LogP contribution is -2.53. The first kappa shape index (κ1) is 18.3. The van der Waals surface area contributed by atoms with Gasteiger partial charge in [0.1, 0.15) is 11.5 Å². The summed E-state index contributed by atoms with van der Waals surface area (Å²) in [5, 5.41) is 0. The average Bonchev–Trinajstić information content (AvgIpc) is 2.60. The van der Waals surface area contributed by atoms with Crippen LogP contribution in [0.2, 0.25) is 0 Å². The van der Waals surface area contributed by atoms with Gasteiger partial charge in [-0.1, -0.05) is 38.1 Å². The molecule has 4 N–H and O–H groups in total. The van der Waals surface area contributed by atoms with E-state index in [-0.39, 0.29) is 6.04 Å². The van der Waals surface area contributed by atoms with Crippen molar-refractivity contribution in [3.05, 3.63) is 59.7 Å². The second-order valence-corrected chi connectivity index (χ2v) is 6.56. The number of benzene rings is 2. The molecule has 0 fully saturated rings. The van der Waals surface area contributed by atoms with Gasteiger partial charge in [-0.2, -0.15) is 0 Å². The largest absolute Gasteiger partial charge is 0.497 e. The van der Waals surface area contributed by atoms with Crippen LogP contribution in [0.4, 0.5) is 0 Å². The summed E-state index contributed by atoms with van der Waals surface area (Å²) >= 11 is 0. The summed E-state index contributed by atoms with van der Waals surface area (Å²) < 4.78 is 10.5.